The lowest BCUT2D eigenvalue weighted by atomic mass is 9.93. The van der Waals surface area contributed by atoms with E-state index in [1.54, 1.807) is 11.1 Å². The Labute approximate surface area is 201 Å². The summed E-state index contributed by atoms with van der Waals surface area (Å²) in [5, 5.41) is 10.7. The summed E-state index contributed by atoms with van der Waals surface area (Å²) in [4.78, 5) is 37.2. The van der Waals surface area contributed by atoms with E-state index in [4.69, 9.17) is 24.6 Å². The molecule has 192 valence electrons. The number of rotatable bonds is 3. The molecule has 0 radical (unpaired) electrons. The maximum absolute atomic E-state index is 12.3. The third-order valence-electron chi connectivity index (χ3n) is 5.41. The average molecular weight is 498 g/mol. The molecule has 1 aliphatic heterocycles. The van der Waals surface area contributed by atoms with E-state index < -0.39 is 17.7 Å². The van der Waals surface area contributed by atoms with Gasteiger partial charge in [-0.05, 0) is 59.4 Å². The number of nitrogens with zero attached hydrogens (tertiary/aromatic N) is 4. The van der Waals surface area contributed by atoms with Gasteiger partial charge in [0.25, 0.3) is 0 Å². The summed E-state index contributed by atoms with van der Waals surface area (Å²) >= 11 is 0. The third kappa shape index (κ3) is 7.66. The number of pyridine rings is 1. The number of carbonyl (C=O) groups is 2. The zero-order valence-electron chi connectivity index (χ0n) is 20.1. The Balaban J connectivity index is 0.000000429. The minimum absolute atomic E-state index is 0.230. The topological polar surface area (TPSA) is 118 Å². The van der Waals surface area contributed by atoms with Gasteiger partial charge in [0.05, 0.1) is 17.4 Å². The number of carbonyl (C=O) groups excluding carboxylic acids is 1. The molecule has 1 saturated carbocycles. The summed E-state index contributed by atoms with van der Waals surface area (Å²) in [5.74, 6) is -1.58. The molecule has 1 aliphatic carbocycles. The Morgan fingerprint density at radius 1 is 1.09 bits per heavy atom. The first-order valence-electron chi connectivity index (χ1n) is 11.4. The van der Waals surface area contributed by atoms with Crippen LogP contribution in [0.4, 0.5) is 23.8 Å². The standard InChI is InChI=1S/C21H29N5O2.C2HF3O2/c1-13-11-16-17(12-22-13)24-18(19(25-16)23-15-5-6-15)14-7-9-26(10-8-14)20(27)28-21(2,3)4;3-2(4,5)1(6)7/h11-12,14-15H,5-10H2,1-4H3,(H,23,25);(H,6,7). The summed E-state index contributed by atoms with van der Waals surface area (Å²) in [6.45, 7) is 9.01. The van der Waals surface area contributed by atoms with Crippen LogP contribution in [0.15, 0.2) is 12.3 Å². The summed E-state index contributed by atoms with van der Waals surface area (Å²) in [6.07, 6.45) is 0.581. The summed E-state index contributed by atoms with van der Waals surface area (Å²) in [6, 6.07) is 2.49. The number of anilines is 1. The predicted octanol–water partition coefficient (Wildman–Crippen LogP) is 4.66. The second-order valence-corrected chi connectivity index (χ2v) is 9.74. The van der Waals surface area contributed by atoms with Crippen molar-refractivity contribution in [2.75, 3.05) is 18.4 Å². The van der Waals surface area contributed by atoms with Crippen molar-refractivity contribution in [3.05, 3.63) is 23.7 Å². The summed E-state index contributed by atoms with van der Waals surface area (Å²) in [5.41, 5.74) is 3.19. The van der Waals surface area contributed by atoms with Crippen LogP contribution in [-0.2, 0) is 9.53 Å². The monoisotopic (exact) mass is 497 g/mol. The molecule has 35 heavy (non-hydrogen) atoms. The molecule has 0 unspecified atom stereocenters. The van der Waals surface area contributed by atoms with Crippen LogP contribution in [0.25, 0.3) is 11.0 Å². The van der Waals surface area contributed by atoms with Crippen LogP contribution in [0.1, 0.15) is 63.8 Å². The number of hydrogen-bond acceptors (Lipinski definition) is 7. The Bertz CT molecular complexity index is 1080. The van der Waals surface area contributed by atoms with Crippen LogP contribution in [0.5, 0.6) is 0 Å². The lowest BCUT2D eigenvalue weighted by Crippen LogP contribution is -2.41. The number of amides is 1. The van der Waals surface area contributed by atoms with Gasteiger partial charge in [-0.3, -0.25) is 4.98 Å². The maximum atomic E-state index is 12.3. The highest BCUT2D eigenvalue weighted by atomic mass is 19.4. The van der Waals surface area contributed by atoms with Crippen molar-refractivity contribution in [1.29, 1.82) is 0 Å². The highest BCUT2D eigenvalue weighted by molar-refractivity contribution is 5.76. The van der Waals surface area contributed by atoms with Crippen LogP contribution in [0.3, 0.4) is 0 Å². The van der Waals surface area contributed by atoms with E-state index in [2.05, 4.69) is 10.3 Å². The van der Waals surface area contributed by atoms with Crippen molar-refractivity contribution in [2.45, 2.75) is 77.1 Å². The molecular formula is C23H30F3N5O4. The van der Waals surface area contributed by atoms with Crippen molar-refractivity contribution >= 4 is 28.9 Å². The van der Waals surface area contributed by atoms with Gasteiger partial charge in [-0.15, -0.1) is 0 Å². The van der Waals surface area contributed by atoms with Crippen LogP contribution in [0.2, 0.25) is 0 Å². The number of nitrogens with one attached hydrogen (secondary N) is 1. The van der Waals surface area contributed by atoms with Crippen molar-refractivity contribution in [1.82, 2.24) is 19.9 Å². The fraction of sp³-hybridized carbons (Fsp3) is 0.609. The molecule has 3 heterocycles. The molecule has 2 aromatic heterocycles. The number of carboxylic acid groups (broad SMARTS) is 1. The van der Waals surface area contributed by atoms with Gasteiger partial charge in [0.2, 0.25) is 0 Å². The second-order valence-electron chi connectivity index (χ2n) is 9.74. The molecule has 2 aliphatic rings. The van der Waals surface area contributed by atoms with E-state index in [0.717, 1.165) is 41.1 Å². The van der Waals surface area contributed by atoms with Crippen molar-refractivity contribution in [3.63, 3.8) is 0 Å². The van der Waals surface area contributed by atoms with Crippen LogP contribution in [-0.4, -0.2) is 67.9 Å². The third-order valence-corrected chi connectivity index (χ3v) is 5.41. The molecule has 9 nitrogen and oxygen atoms in total. The van der Waals surface area contributed by atoms with E-state index in [9.17, 15) is 18.0 Å². The van der Waals surface area contributed by atoms with Gasteiger partial charge in [0, 0.05) is 30.7 Å². The van der Waals surface area contributed by atoms with E-state index in [1.165, 1.54) is 12.8 Å². The Hall–Kier alpha value is -3.18. The SMILES string of the molecule is Cc1cc2nc(NC3CC3)c(C3CCN(C(=O)OC(C)(C)C)CC3)nc2cn1.O=C(O)C(F)(F)F. The van der Waals surface area contributed by atoms with Crippen LogP contribution in [0, 0.1) is 6.92 Å². The number of halogens is 3. The number of piperidine rings is 1. The molecule has 12 heteroatoms. The molecule has 2 aromatic rings. The molecule has 0 bridgehead atoms. The molecule has 1 saturated heterocycles. The normalized spacial score (nSPS) is 16.9. The summed E-state index contributed by atoms with van der Waals surface area (Å²) in [7, 11) is 0. The lowest BCUT2D eigenvalue weighted by molar-refractivity contribution is -0.192. The first-order chi connectivity index (χ1) is 16.2. The highest BCUT2D eigenvalue weighted by Gasteiger charge is 2.38. The number of hydrogen-bond donors (Lipinski definition) is 2. The first kappa shape index (κ1) is 26.4. The number of aromatic nitrogens is 3. The maximum Gasteiger partial charge on any atom is 0.490 e. The second kappa shape index (κ2) is 10.2. The fourth-order valence-corrected chi connectivity index (χ4v) is 3.55. The smallest absolute Gasteiger partial charge is 0.475 e. The van der Waals surface area contributed by atoms with Gasteiger partial charge >= 0.3 is 18.2 Å². The molecular weight excluding hydrogens is 467 g/mol. The minimum atomic E-state index is -5.08. The highest BCUT2D eigenvalue weighted by Crippen LogP contribution is 2.35. The van der Waals surface area contributed by atoms with Crippen LogP contribution < -0.4 is 5.32 Å². The average Bonchev–Trinajstić information content (AvgIpc) is 3.56. The zero-order chi connectivity index (χ0) is 26.0. The van der Waals surface area contributed by atoms with Gasteiger partial charge in [-0.25, -0.2) is 19.6 Å². The fourth-order valence-electron chi connectivity index (χ4n) is 3.55. The number of aliphatic carboxylic acids is 1. The Morgan fingerprint density at radius 2 is 1.69 bits per heavy atom. The Morgan fingerprint density at radius 3 is 2.20 bits per heavy atom. The zero-order valence-corrected chi connectivity index (χ0v) is 20.1. The van der Waals surface area contributed by atoms with Gasteiger partial charge in [0.1, 0.15) is 16.9 Å². The number of carboxylic acids is 1. The largest absolute Gasteiger partial charge is 0.490 e. The van der Waals surface area contributed by atoms with E-state index in [-0.39, 0.29) is 12.0 Å². The van der Waals surface area contributed by atoms with Crippen molar-refractivity contribution < 1.29 is 32.6 Å². The van der Waals surface area contributed by atoms with E-state index in [0.29, 0.717) is 19.1 Å². The molecule has 1 amide bonds. The van der Waals surface area contributed by atoms with Crippen LogP contribution >= 0.6 is 0 Å². The number of alkyl halides is 3. The number of ether oxygens (including phenoxy) is 1. The quantitative estimate of drug-likeness (QED) is 0.629. The summed E-state index contributed by atoms with van der Waals surface area (Å²) < 4.78 is 37.2. The van der Waals surface area contributed by atoms with Crippen molar-refractivity contribution in [2.24, 2.45) is 0 Å². The molecule has 0 atom stereocenters. The van der Waals surface area contributed by atoms with Crippen molar-refractivity contribution in [3.8, 4) is 0 Å². The molecule has 2 N–H and O–H groups in total. The van der Waals surface area contributed by atoms with Gasteiger partial charge < -0.3 is 20.1 Å². The molecule has 4 rings (SSSR count). The molecule has 0 aromatic carbocycles. The number of likely N-dealkylation sites (tertiary alicyclic amines) is 1. The number of fused-ring (bicyclic) bond motifs is 1. The van der Waals surface area contributed by atoms with Gasteiger partial charge in [-0.2, -0.15) is 13.2 Å². The van der Waals surface area contributed by atoms with Gasteiger partial charge in [0.15, 0.2) is 0 Å². The molecule has 0 spiro atoms. The first-order valence-corrected chi connectivity index (χ1v) is 11.4. The molecule has 2 fully saturated rings. The predicted molar refractivity (Wildman–Crippen MR) is 122 cm³/mol. The van der Waals surface area contributed by atoms with E-state index in [1.807, 2.05) is 33.8 Å². The van der Waals surface area contributed by atoms with Gasteiger partial charge in [-0.1, -0.05) is 0 Å². The Kier molecular flexibility index (Phi) is 7.71. The van der Waals surface area contributed by atoms with E-state index >= 15 is 0 Å². The number of aryl methyl sites for hydroxylation is 1. The minimum Gasteiger partial charge on any atom is -0.475 e. The lowest BCUT2D eigenvalue weighted by Gasteiger charge is -2.33.